The molecule has 1 aliphatic carbocycles. The molecular weight excluding hydrogens is 442 g/mol. The highest BCUT2D eigenvalue weighted by molar-refractivity contribution is 5.85. The summed E-state index contributed by atoms with van der Waals surface area (Å²) in [6, 6.07) is 5.70. The van der Waals surface area contributed by atoms with Gasteiger partial charge in [0.05, 0.1) is 5.92 Å². The number of hydrogen-bond acceptors (Lipinski definition) is 5. The van der Waals surface area contributed by atoms with Crippen molar-refractivity contribution < 1.29 is 14.4 Å². The van der Waals surface area contributed by atoms with E-state index in [1.807, 2.05) is 28.0 Å². The van der Waals surface area contributed by atoms with Crippen molar-refractivity contribution in [2.75, 3.05) is 44.2 Å². The van der Waals surface area contributed by atoms with Gasteiger partial charge < -0.3 is 20.0 Å². The fraction of sp³-hybridized carbons (Fsp3) is 0.704. The van der Waals surface area contributed by atoms with Crippen LogP contribution in [0.25, 0.3) is 0 Å². The molecule has 35 heavy (non-hydrogen) atoms. The number of carbonyl (C=O) groups is 3. The van der Waals surface area contributed by atoms with Gasteiger partial charge in [0.2, 0.25) is 17.7 Å². The number of aromatic nitrogens is 1. The maximum atomic E-state index is 13.6. The summed E-state index contributed by atoms with van der Waals surface area (Å²) in [7, 11) is 0. The topological polar surface area (TPSA) is 85.8 Å². The molecule has 0 radical (unpaired) electrons. The van der Waals surface area contributed by atoms with Crippen molar-refractivity contribution in [1.29, 1.82) is 0 Å². The fourth-order valence-corrected chi connectivity index (χ4v) is 5.84. The van der Waals surface area contributed by atoms with E-state index in [0.717, 1.165) is 44.6 Å². The number of pyridine rings is 1. The van der Waals surface area contributed by atoms with Crippen LogP contribution >= 0.6 is 0 Å². The number of nitrogens with zero attached hydrogens (tertiary/aromatic N) is 4. The molecule has 0 spiro atoms. The lowest BCUT2D eigenvalue weighted by atomic mass is 9.99. The normalized spacial score (nSPS) is 26.2. The van der Waals surface area contributed by atoms with Crippen LogP contribution in [0.1, 0.15) is 58.8 Å². The second-order valence-corrected chi connectivity index (χ2v) is 10.7. The molecule has 192 valence electrons. The van der Waals surface area contributed by atoms with E-state index < -0.39 is 0 Å². The van der Waals surface area contributed by atoms with Crippen LogP contribution in [0.3, 0.4) is 0 Å². The molecule has 1 N–H and O–H groups in total. The molecule has 3 aliphatic rings. The summed E-state index contributed by atoms with van der Waals surface area (Å²) in [5, 5.41) is 3.10. The van der Waals surface area contributed by atoms with Gasteiger partial charge in [-0.2, -0.15) is 0 Å². The molecule has 3 fully saturated rings. The Kier molecular flexibility index (Phi) is 8.63. The van der Waals surface area contributed by atoms with Crippen molar-refractivity contribution in [3.05, 3.63) is 24.4 Å². The van der Waals surface area contributed by atoms with Gasteiger partial charge in [0, 0.05) is 63.8 Å². The smallest absolute Gasteiger partial charge is 0.225 e. The minimum Gasteiger partial charge on any atom is -0.356 e. The molecule has 8 heteroatoms. The second-order valence-electron chi connectivity index (χ2n) is 10.7. The van der Waals surface area contributed by atoms with Gasteiger partial charge in [0.1, 0.15) is 5.82 Å². The summed E-state index contributed by atoms with van der Waals surface area (Å²) >= 11 is 0. The van der Waals surface area contributed by atoms with Crippen LogP contribution in [-0.4, -0.2) is 77.8 Å². The van der Waals surface area contributed by atoms with E-state index in [4.69, 9.17) is 0 Å². The molecule has 2 aliphatic heterocycles. The van der Waals surface area contributed by atoms with E-state index in [1.54, 1.807) is 6.20 Å². The van der Waals surface area contributed by atoms with E-state index in [0.29, 0.717) is 45.4 Å². The van der Waals surface area contributed by atoms with Crippen molar-refractivity contribution in [1.82, 2.24) is 20.1 Å². The maximum Gasteiger partial charge on any atom is 0.225 e. The van der Waals surface area contributed by atoms with Crippen molar-refractivity contribution in [3.8, 4) is 0 Å². The number of anilines is 1. The van der Waals surface area contributed by atoms with Gasteiger partial charge in [-0.25, -0.2) is 4.98 Å². The zero-order valence-electron chi connectivity index (χ0n) is 21.3. The van der Waals surface area contributed by atoms with Gasteiger partial charge >= 0.3 is 0 Å². The van der Waals surface area contributed by atoms with Crippen molar-refractivity contribution in [2.24, 2.45) is 17.8 Å². The standard InChI is InChI=1S/C27H41N5O3/c1-20(2)17-25(33)32-12-8-4-3-6-11-29-26(34)22-18-21(19-23(22)32)27(35)31-15-13-30(14-16-31)24-9-5-7-10-28-24/h5,7,9-10,20-23H,3-4,6,8,11-19H2,1-2H3,(H,29,34)/t21-,22-,23+/m1/s1. The molecule has 0 aromatic carbocycles. The largest absolute Gasteiger partial charge is 0.356 e. The molecular formula is C27H41N5O3. The molecule has 4 rings (SSSR count). The average Bonchev–Trinajstić information content (AvgIpc) is 3.29. The first-order valence-electron chi connectivity index (χ1n) is 13.5. The van der Waals surface area contributed by atoms with Crippen molar-refractivity contribution in [3.63, 3.8) is 0 Å². The third-order valence-corrected chi connectivity index (χ3v) is 7.71. The Morgan fingerprint density at radius 3 is 2.51 bits per heavy atom. The SMILES string of the molecule is CC(C)CC(=O)N1CCCCCCNC(=O)[C@@H]2C[C@@H](C(=O)N3CCN(c4ccccn4)CC3)C[C@@H]21. The van der Waals surface area contributed by atoms with Crippen molar-refractivity contribution in [2.45, 2.75) is 64.8 Å². The first-order chi connectivity index (χ1) is 16.9. The Bertz CT molecular complexity index is 869. The minimum absolute atomic E-state index is 0.00881. The predicted octanol–water partition coefficient (Wildman–Crippen LogP) is 2.69. The second kappa shape index (κ2) is 11.9. The summed E-state index contributed by atoms with van der Waals surface area (Å²) in [6.07, 6.45) is 7.43. The highest BCUT2D eigenvalue weighted by Crippen LogP contribution is 2.37. The quantitative estimate of drug-likeness (QED) is 0.712. The van der Waals surface area contributed by atoms with Crippen LogP contribution in [0, 0.1) is 17.8 Å². The Morgan fingerprint density at radius 1 is 1.03 bits per heavy atom. The van der Waals surface area contributed by atoms with Crippen LogP contribution in [0.15, 0.2) is 24.4 Å². The molecule has 0 bridgehead atoms. The summed E-state index contributed by atoms with van der Waals surface area (Å²) in [6.45, 7) is 8.29. The van der Waals surface area contributed by atoms with E-state index >= 15 is 0 Å². The Balaban J connectivity index is 1.45. The molecule has 3 heterocycles. The van der Waals surface area contributed by atoms with Crippen molar-refractivity contribution >= 4 is 23.5 Å². The average molecular weight is 484 g/mol. The molecule has 3 amide bonds. The van der Waals surface area contributed by atoms with E-state index in [-0.39, 0.29) is 41.5 Å². The van der Waals surface area contributed by atoms with E-state index in [1.165, 1.54) is 0 Å². The molecule has 0 unspecified atom stereocenters. The number of fused-ring (bicyclic) bond motifs is 1. The van der Waals surface area contributed by atoms with Crippen LogP contribution < -0.4 is 10.2 Å². The van der Waals surface area contributed by atoms with Crippen LogP contribution in [0.2, 0.25) is 0 Å². The number of amides is 3. The van der Waals surface area contributed by atoms with Gasteiger partial charge in [-0.3, -0.25) is 14.4 Å². The lowest BCUT2D eigenvalue weighted by Crippen LogP contribution is -2.50. The summed E-state index contributed by atoms with van der Waals surface area (Å²) in [5.41, 5.74) is 0. The van der Waals surface area contributed by atoms with Gasteiger partial charge in [0.25, 0.3) is 0 Å². The minimum atomic E-state index is -0.312. The van der Waals surface area contributed by atoms with Gasteiger partial charge in [-0.15, -0.1) is 0 Å². The highest BCUT2D eigenvalue weighted by atomic mass is 16.2. The number of rotatable bonds is 4. The first-order valence-corrected chi connectivity index (χ1v) is 13.5. The summed E-state index contributed by atoms with van der Waals surface area (Å²) in [5.74, 6) is 0.950. The number of piperazine rings is 1. The monoisotopic (exact) mass is 483 g/mol. The van der Waals surface area contributed by atoms with Crippen LogP contribution in [-0.2, 0) is 14.4 Å². The molecule has 1 aromatic heterocycles. The Labute approximate surface area is 209 Å². The summed E-state index contributed by atoms with van der Waals surface area (Å²) < 4.78 is 0. The zero-order valence-corrected chi connectivity index (χ0v) is 21.3. The van der Waals surface area contributed by atoms with Crippen LogP contribution in [0.5, 0.6) is 0 Å². The highest BCUT2D eigenvalue weighted by Gasteiger charge is 2.46. The lowest BCUT2D eigenvalue weighted by Gasteiger charge is -2.36. The fourth-order valence-electron chi connectivity index (χ4n) is 5.84. The number of carbonyl (C=O) groups excluding carboxylic acids is 3. The molecule has 3 atom stereocenters. The molecule has 1 aromatic rings. The lowest BCUT2D eigenvalue weighted by molar-refractivity contribution is -0.138. The maximum absolute atomic E-state index is 13.6. The number of hydrogen-bond donors (Lipinski definition) is 1. The Hall–Kier alpha value is -2.64. The summed E-state index contributed by atoms with van der Waals surface area (Å²) in [4.78, 5) is 50.5. The third-order valence-electron chi connectivity index (χ3n) is 7.71. The molecule has 8 nitrogen and oxygen atoms in total. The van der Waals surface area contributed by atoms with Crippen LogP contribution in [0.4, 0.5) is 5.82 Å². The third kappa shape index (κ3) is 6.33. The van der Waals surface area contributed by atoms with Gasteiger partial charge in [-0.05, 0) is 43.7 Å². The number of nitrogens with one attached hydrogen (secondary N) is 1. The van der Waals surface area contributed by atoms with E-state index in [9.17, 15) is 14.4 Å². The first kappa shape index (κ1) is 25.5. The van der Waals surface area contributed by atoms with E-state index in [2.05, 4.69) is 29.0 Å². The molecule has 1 saturated carbocycles. The molecule has 2 saturated heterocycles. The Morgan fingerprint density at radius 2 is 1.80 bits per heavy atom. The predicted molar refractivity (Wildman–Crippen MR) is 136 cm³/mol. The zero-order chi connectivity index (χ0) is 24.8. The van der Waals surface area contributed by atoms with Gasteiger partial charge in [0.15, 0.2) is 0 Å². The van der Waals surface area contributed by atoms with Gasteiger partial charge in [-0.1, -0.05) is 32.8 Å².